The molecule has 1 aromatic heterocycles. The van der Waals surface area contributed by atoms with Crippen LogP contribution in [0.25, 0.3) is 0 Å². The lowest BCUT2D eigenvalue weighted by atomic mass is 10.3. The van der Waals surface area contributed by atoms with Crippen molar-refractivity contribution in [2.45, 2.75) is 12.9 Å². The third-order valence-electron chi connectivity index (χ3n) is 1.46. The van der Waals surface area contributed by atoms with Crippen molar-refractivity contribution in [3.8, 4) is 5.75 Å². The van der Waals surface area contributed by atoms with Gasteiger partial charge in [0.25, 0.3) is 0 Å². The molecule has 0 radical (unpaired) electrons. The number of ether oxygens (including phenoxy) is 1. The van der Waals surface area contributed by atoms with Gasteiger partial charge in [0.05, 0.1) is 10.7 Å². The third kappa shape index (κ3) is 3.32. The summed E-state index contributed by atoms with van der Waals surface area (Å²) in [7, 11) is 0. The van der Waals surface area contributed by atoms with Crippen LogP contribution in [0.2, 0.25) is 0 Å². The SMILES string of the molecule is NCc1c(Br)ncc(OC(F)(F)F)c1Br. The Balaban J connectivity index is 3.11. The number of hydrogen-bond donors (Lipinski definition) is 1. The number of hydrogen-bond acceptors (Lipinski definition) is 3. The zero-order chi connectivity index (χ0) is 11.6. The van der Waals surface area contributed by atoms with Crippen LogP contribution in [0.3, 0.4) is 0 Å². The van der Waals surface area contributed by atoms with E-state index in [1.54, 1.807) is 0 Å². The van der Waals surface area contributed by atoms with Gasteiger partial charge in [-0.05, 0) is 31.9 Å². The topological polar surface area (TPSA) is 48.1 Å². The van der Waals surface area contributed by atoms with Crippen LogP contribution in [0.15, 0.2) is 15.3 Å². The first-order valence-electron chi connectivity index (χ1n) is 3.64. The summed E-state index contributed by atoms with van der Waals surface area (Å²) in [5.41, 5.74) is 5.76. The second-order valence-corrected chi connectivity index (χ2v) is 4.00. The molecule has 0 spiro atoms. The van der Waals surface area contributed by atoms with E-state index in [1.165, 1.54) is 0 Å². The minimum atomic E-state index is -4.75. The zero-order valence-corrected chi connectivity index (χ0v) is 10.3. The van der Waals surface area contributed by atoms with Crippen LogP contribution in [0.5, 0.6) is 5.75 Å². The summed E-state index contributed by atoms with van der Waals surface area (Å²) in [5, 5.41) is 0. The Bertz CT molecular complexity index is 370. The van der Waals surface area contributed by atoms with E-state index in [4.69, 9.17) is 5.73 Å². The van der Waals surface area contributed by atoms with Gasteiger partial charge in [-0.3, -0.25) is 0 Å². The van der Waals surface area contributed by atoms with Gasteiger partial charge in [-0.25, -0.2) is 4.98 Å². The first-order valence-corrected chi connectivity index (χ1v) is 5.22. The molecule has 8 heteroatoms. The van der Waals surface area contributed by atoms with Gasteiger partial charge in [-0.15, -0.1) is 13.2 Å². The highest BCUT2D eigenvalue weighted by molar-refractivity contribution is 9.11. The number of halogens is 5. The summed E-state index contributed by atoms with van der Waals surface area (Å²) in [4.78, 5) is 3.68. The average molecular weight is 350 g/mol. The molecule has 1 heterocycles. The number of alkyl halides is 3. The molecule has 1 rings (SSSR count). The normalized spacial score (nSPS) is 11.6. The van der Waals surface area contributed by atoms with Gasteiger partial charge in [-0.2, -0.15) is 0 Å². The van der Waals surface area contributed by atoms with Crippen LogP contribution in [0.4, 0.5) is 13.2 Å². The summed E-state index contributed by atoms with van der Waals surface area (Å²) in [6.07, 6.45) is -3.79. The Hall–Kier alpha value is -0.340. The first kappa shape index (κ1) is 12.7. The van der Waals surface area contributed by atoms with Gasteiger partial charge >= 0.3 is 6.36 Å². The zero-order valence-electron chi connectivity index (χ0n) is 7.11. The molecule has 3 nitrogen and oxygen atoms in total. The summed E-state index contributed by atoms with van der Waals surface area (Å²) in [6.45, 7) is 0.0449. The highest BCUT2D eigenvalue weighted by atomic mass is 79.9. The van der Waals surface area contributed by atoms with E-state index in [9.17, 15) is 13.2 Å². The fourth-order valence-corrected chi connectivity index (χ4v) is 2.12. The van der Waals surface area contributed by atoms with E-state index in [0.717, 1.165) is 6.20 Å². The summed E-state index contributed by atoms with van der Waals surface area (Å²) >= 11 is 6.03. The molecule has 0 aliphatic carbocycles. The number of rotatable bonds is 2. The quantitative estimate of drug-likeness (QED) is 0.835. The minimum Gasteiger partial charge on any atom is -0.403 e. The predicted molar refractivity (Wildman–Crippen MR) is 54.2 cm³/mol. The van der Waals surface area contributed by atoms with E-state index in [1.807, 2.05) is 0 Å². The van der Waals surface area contributed by atoms with Crippen molar-refractivity contribution in [1.29, 1.82) is 0 Å². The molecular formula is C7H5Br2F3N2O. The van der Waals surface area contributed by atoms with Crippen molar-refractivity contribution in [2.24, 2.45) is 5.73 Å². The molecule has 0 amide bonds. The Kier molecular flexibility index (Phi) is 3.96. The summed E-state index contributed by atoms with van der Waals surface area (Å²) in [6, 6.07) is 0. The number of aromatic nitrogens is 1. The van der Waals surface area contributed by atoms with Gasteiger partial charge in [0.2, 0.25) is 0 Å². The van der Waals surface area contributed by atoms with Crippen LogP contribution in [0.1, 0.15) is 5.56 Å². The van der Waals surface area contributed by atoms with Crippen molar-refractivity contribution < 1.29 is 17.9 Å². The molecule has 0 aromatic carbocycles. The van der Waals surface area contributed by atoms with E-state index in [2.05, 4.69) is 41.6 Å². The van der Waals surface area contributed by atoms with Crippen molar-refractivity contribution in [3.63, 3.8) is 0 Å². The molecule has 0 saturated heterocycles. The highest BCUT2D eigenvalue weighted by Gasteiger charge is 2.32. The van der Waals surface area contributed by atoms with Crippen molar-refractivity contribution in [3.05, 3.63) is 20.8 Å². The molecule has 0 fully saturated rings. The lowest BCUT2D eigenvalue weighted by Gasteiger charge is -2.12. The fraction of sp³-hybridized carbons (Fsp3) is 0.286. The average Bonchev–Trinajstić information content (AvgIpc) is 2.09. The van der Waals surface area contributed by atoms with Crippen LogP contribution in [-0.2, 0) is 6.54 Å². The molecule has 0 aliphatic rings. The Morgan fingerprint density at radius 1 is 1.40 bits per heavy atom. The molecule has 0 saturated carbocycles. The van der Waals surface area contributed by atoms with Crippen molar-refractivity contribution >= 4 is 31.9 Å². The van der Waals surface area contributed by atoms with E-state index < -0.39 is 12.1 Å². The molecule has 0 bridgehead atoms. The second-order valence-electron chi connectivity index (χ2n) is 2.46. The van der Waals surface area contributed by atoms with Gasteiger partial charge in [-0.1, -0.05) is 0 Å². The smallest absolute Gasteiger partial charge is 0.403 e. The van der Waals surface area contributed by atoms with Crippen LogP contribution < -0.4 is 10.5 Å². The fourth-order valence-electron chi connectivity index (χ4n) is 0.859. The standard InChI is InChI=1S/C7H5Br2F3N2O/c8-5-3(1-13)6(9)14-2-4(5)15-7(10,11)12/h2H,1,13H2. The van der Waals surface area contributed by atoms with Gasteiger partial charge < -0.3 is 10.5 Å². The minimum absolute atomic E-state index is 0.0449. The van der Waals surface area contributed by atoms with E-state index in [-0.39, 0.29) is 11.0 Å². The largest absolute Gasteiger partial charge is 0.573 e. The summed E-state index contributed by atoms with van der Waals surface area (Å²) in [5.74, 6) is -0.411. The van der Waals surface area contributed by atoms with Crippen LogP contribution in [-0.4, -0.2) is 11.3 Å². The van der Waals surface area contributed by atoms with Gasteiger partial charge in [0, 0.05) is 12.1 Å². The Morgan fingerprint density at radius 3 is 2.47 bits per heavy atom. The Morgan fingerprint density at radius 2 is 2.00 bits per heavy atom. The number of nitrogens with zero attached hydrogens (tertiary/aromatic N) is 1. The van der Waals surface area contributed by atoms with E-state index >= 15 is 0 Å². The maximum absolute atomic E-state index is 11.9. The van der Waals surface area contributed by atoms with Crippen LogP contribution in [0, 0.1) is 0 Å². The second kappa shape index (κ2) is 4.67. The molecule has 0 unspecified atom stereocenters. The lowest BCUT2D eigenvalue weighted by molar-refractivity contribution is -0.275. The molecule has 2 N–H and O–H groups in total. The third-order valence-corrected chi connectivity index (χ3v) is 3.01. The molecule has 1 aromatic rings. The maximum atomic E-state index is 11.9. The predicted octanol–water partition coefficient (Wildman–Crippen LogP) is 2.96. The number of nitrogens with two attached hydrogens (primary N) is 1. The molecule has 15 heavy (non-hydrogen) atoms. The van der Waals surface area contributed by atoms with Gasteiger partial charge in [0.1, 0.15) is 4.60 Å². The Labute approximate surface area is 100 Å². The molecule has 0 aliphatic heterocycles. The van der Waals surface area contributed by atoms with E-state index in [0.29, 0.717) is 10.2 Å². The highest BCUT2D eigenvalue weighted by Crippen LogP contribution is 2.34. The number of pyridine rings is 1. The summed E-state index contributed by atoms with van der Waals surface area (Å²) < 4.78 is 40.1. The van der Waals surface area contributed by atoms with Crippen molar-refractivity contribution in [2.75, 3.05) is 0 Å². The molecular weight excluding hydrogens is 345 g/mol. The van der Waals surface area contributed by atoms with Gasteiger partial charge in [0.15, 0.2) is 5.75 Å². The van der Waals surface area contributed by atoms with Crippen molar-refractivity contribution in [1.82, 2.24) is 4.98 Å². The molecule has 84 valence electrons. The first-order chi connectivity index (χ1) is 6.85. The maximum Gasteiger partial charge on any atom is 0.573 e. The lowest BCUT2D eigenvalue weighted by Crippen LogP contribution is -2.18. The monoisotopic (exact) mass is 348 g/mol. The molecule has 0 atom stereocenters. The van der Waals surface area contributed by atoms with Crippen LogP contribution >= 0.6 is 31.9 Å².